The fraction of sp³-hybridized carbons (Fsp3) is 0.600. The summed E-state index contributed by atoms with van der Waals surface area (Å²) in [6.45, 7) is 12.7. The molecule has 0 saturated heterocycles. The van der Waals surface area contributed by atoms with Crippen LogP contribution in [0.1, 0.15) is 58.6 Å². The molecule has 0 fully saturated rings. The monoisotopic (exact) mass is 206 g/mol. The van der Waals surface area contributed by atoms with Gasteiger partial charge in [-0.3, -0.25) is 0 Å². The third kappa shape index (κ3) is 3.37. The highest BCUT2D eigenvalue weighted by Crippen LogP contribution is 2.36. The molecular weight excluding hydrogens is 180 g/mol. The molecule has 2 atom stereocenters. The van der Waals surface area contributed by atoms with Crippen LogP contribution in [-0.4, -0.2) is 0 Å². The fourth-order valence-electron chi connectivity index (χ4n) is 1.99. The van der Waals surface area contributed by atoms with Crippen molar-refractivity contribution in [2.45, 2.75) is 53.9 Å². The van der Waals surface area contributed by atoms with Gasteiger partial charge in [0, 0.05) is 0 Å². The van der Waals surface area contributed by atoms with Crippen molar-refractivity contribution in [3.63, 3.8) is 0 Å². The Morgan fingerprint density at radius 3 is 2.00 bits per heavy atom. The van der Waals surface area contributed by atoms with Gasteiger partial charge in [0.15, 0.2) is 0 Å². The van der Waals surface area contributed by atoms with E-state index in [4.69, 9.17) is 0 Å². The predicted octanol–water partition coefficient (Wildman–Crippen LogP) is 5.03. The summed E-state index contributed by atoms with van der Waals surface area (Å²) in [5.41, 5.74) is 3.13. The number of hydrogen-bond donors (Lipinski definition) is 0. The van der Waals surface area contributed by atoms with Crippen LogP contribution in [0.4, 0.5) is 0 Å². The minimum absolute atomic E-state index is 0.770. The van der Waals surface area contributed by atoms with E-state index in [9.17, 15) is 0 Å². The van der Waals surface area contributed by atoms with Crippen LogP contribution in [0.15, 0.2) is 24.3 Å². The molecule has 0 aliphatic heterocycles. The molecule has 0 saturated carbocycles. The first-order valence-electron chi connectivity index (χ1n) is 6.37. The van der Waals surface area contributed by atoms with E-state index in [1.54, 1.807) is 11.1 Å². The molecular formula is C15H26. The highest BCUT2D eigenvalue weighted by atomic mass is 14.3. The van der Waals surface area contributed by atoms with Gasteiger partial charge in [0.2, 0.25) is 0 Å². The van der Waals surface area contributed by atoms with E-state index >= 15 is 0 Å². The summed E-state index contributed by atoms with van der Waals surface area (Å²) in [5.74, 6) is 1.61. The molecule has 1 aromatic carbocycles. The quantitative estimate of drug-likeness (QED) is 0.558. The molecule has 0 aromatic heterocycles. The zero-order chi connectivity index (χ0) is 11.8. The molecule has 0 heteroatoms. The molecule has 0 amide bonds. The van der Waals surface area contributed by atoms with E-state index in [1.807, 2.05) is 27.7 Å². The van der Waals surface area contributed by atoms with Gasteiger partial charge in [-0.1, -0.05) is 65.8 Å². The van der Waals surface area contributed by atoms with E-state index in [1.165, 1.54) is 6.42 Å². The molecule has 1 aliphatic rings. The Morgan fingerprint density at radius 2 is 1.47 bits per heavy atom. The standard InChI is InChI=1S/C11H14.2C2H6/c1-8-7-10-5-3-4-6-11(10)9(8)2;2*1-2/h3-6,8-9H,7H2,1-2H3;2*1-2H3/t8-,9-;;/m0../s1. The second-order valence-corrected chi connectivity index (χ2v) is 3.67. The van der Waals surface area contributed by atoms with Gasteiger partial charge in [0.1, 0.15) is 0 Å². The van der Waals surface area contributed by atoms with Gasteiger partial charge in [-0.05, 0) is 29.4 Å². The maximum absolute atomic E-state index is 2.34. The lowest BCUT2D eigenvalue weighted by molar-refractivity contribution is 0.532. The van der Waals surface area contributed by atoms with Gasteiger partial charge < -0.3 is 0 Å². The van der Waals surface area contributed by atoms with E-state index in [0.29, 0.717) is 0 Å². The number of benzene rings is 1. The lowest BCUT2D eigenvalue weighted by atomic mass is 9.97. The summed E-state index contributed by atoms with van der Waals surface area (Å²) < 4.78 is 0. The second-order valence-electron chi connectivity index (χ2n) is 3.67. The fourth-order valence-corrected chi connectivity index (χ4v) is 1.99. The highest BCUT2D eigenvalue weighted by Gasteiger charge is 2.24. The van der Waals surface area contributed by atoms with Crippen LogP contribution in [-0.2, 0) is 6.42 Å². The molecule has 1 aromatic rings. The summed E-state index contributed by atoms with van der Waals surface area (Å²) in [6, 6.07) is 8.82. The third-order valence-electron chi connectivity index (χ3n) is 2.94. The van der Waals surface area contributed by atoms with E-state index < -0.39 is 0 Å². The van der Waals surface area contributed by atoms with Crippen molar-refractivity contribution in [1.82, 2.24) is 0 Å². The predicted molar refractivity (Wildman–Crippen MR) is 70.4 cm³/mol. The maximum Gasteiger partial charge on any atom is -0.0159 e. The van der Waals surface area contributed by atoms with Crippen molar-refractivity contribution in [2.75, 3.05) is 0 Å². The van der Waals surface area contributed by atoms with E-state index in [2.05, 4.69) is 38.1 Å². The van der Waals surface area contributed by atoms with Crippen molar-refractivity contribution in [2.24, 2.45) is 5.92 Å². The number of fused-ring (bicyclic) bond motifs is 1. The van der Waals surface area contributed by atoms with Crippen molar-refractivity contribution in [3.8, 4) is 0 Å². The molecule has 15 heavy (non-hydrogen) atoms. The van der Waals surface area contributed by atoms with Crippen LogP contribution in [0, 0.1) is 5.92 Å². The number of hydrogen-bond acceptors (Lipinski definition) is 0. The summed E-state index contributed by atoms with van der Waals surface area (Å²) >= 11 is 0. The maximum atomic E-state index is 2.34. The first-order chi connectivity index (χ1) is 7.29. The molecule has 2 rings (SSSR count). The van der Waals surface area contributed by atoms with E-state index in [0.717, 1.165) is 11.8 Å². The first-order valence-corrected chi connectivity index (χ1v) is 6.37. The van der Waals surface area contributed by atoms with Gasteiger partial charge in [-0.15, -0.1) is 0 Å². The minimum atomic E-state index is 0.770. The lowest BCUT2D eigenvalue weighted by Crippen LogP contribution is -1.97. The molecule has 0 heterocycles. The van der Waals surface area contributed by atoms with E-state index in [-0.39, 0.29) is 0 Å². The Balaban J connectivity index is 0.000000442. The second kappa shape index (κ2) is 7.50. The Kier molecular flexibility index (Phi) is 7.11. The molecule has 0 bridgehead atoms. The van der Waals surface area contributed by atoms with Gasteiger partial charge in [-0.25, -0.2) is 0 Å². The SMILES string of the molecule is CC.CC.C[C@@H]1c2ccccc2C[C@@H]1C. The van der Waals surface area contributed by atoms with Gasteiger partial charge in [0.05, 0.1) is 0 Å². The smallest absolute Gasteiger partial charge is 0.0159 e. The summed E-state index contributed by atoms with van der Waals surface area (Å²) in [5, 5.41) is 0. The lowest BCUT2D eigenvalue weighted by Gasteiger charge is -2.08. The normalized spacial score (nSPS) is 21.7. The third-order valence-corrected chi connectivity index (χ3v) is 2.94. The van der Waals surface area contributed by atoms with Crippen molar-refractivity contribution in [3.05, 3.63) is 35.4 Å². The molecule has 86 valence electrons. The van der Waals surface area contributed by atoms with Crippen LogP contribution in [0.3, 0.4) is 0 Å². The molecule has 1 aliphatic carbocycles. The van der Waals surface area contributed by atoms with Crippen LogP contribution in [0.5, 0.6) is 0 Å². The summed E-state index contributed by atoms with van der Waals surface area (Å²) in [4.78, 5) is 0. The largest absolute Gasteiger partial charge is 0.0683 e. The molecule has 0 spiro atoms. The molecule has 0 radical (unpaired) electrons. The zero-order valence-corrected chi connectivity index (χ0v) is 11.2. The van der Waals surface area contributed by atoms with Crippen LogP contribution in [0.2, 0.25) is 0 Å². The average molecular weight is 206 g/mol. The Morgan fingerprint density at radius 1 is 0.933 bits per heavy atom. The van der Waals surface area contributed by atoms with Gasteiger partial charge >= 0.3 is 0 Å². The van der Waals surface area contributed by atoms with Crippen molar-refractivity contribution in [1.29, 1.82) is 0 Å². The van der Waals surface area contributed by atoms with Gasteiger partial charge in [0.25, 0.3) is 0 Å². The zero-order valence-electron chi connectivity index (χ0n) is 11.2. The summed E-state index contributed by atoms with van der Waals surface area (Å²) in [7, 11) is 0. The van der Waals surface area contributed by atoms with Crippen LogP contribution in [0.25, 0.3) is 0 Å². The van der Waals surface area contributed by atoms with Gasteiger partial charge in [-0.2, -0.15) is 0 Å². The Bertz CT molecular complexity index is 262. The molecule has 0 N–H and O–H groups in total. The summed E-state index contributed by atoms with van der Waals surface area (Å²) in [6.07, 6.45) is 1.28. The van der Waals surface area contributed by atoms with Crippen molar-refractivity contribution < 1.29 is 0 Å². The minimum Gasteiger partial charge on any atom is -0.0683 e. The Hall–Kier alpha value is -0.780. The molecule has 0 nitrogen and oxygen atoms in total. The van der Waals surface area contributed by atoms with Crippen molar-refractivity contribution >= 4 is 0 Å². The highest BCUT2D eigenvalue weighted by molar-refractivity contribution is 5.35. The van der Waals surface area contributed by atoms with Crippen LogP contribution >= 0.6 is 0 Å². The Labute approximate surface area is 95.7 Å². The molecule has 0 unspecified atom stereocenters. The first kappa shape index (κ1) is 14.2. The number of rotatable bonds is 0. The topological polar surface area (TPSA) is 0 Å². The average Bonchev–Trinajstić information content (AvgIpc) is 2.61. The van der Waals surface area contributed by atoms with Crippen LogP contribution < -0.4 is 0 Å².